The van der Waals surface area contributed by atoms with Gasteiger partial charge in [-0.15, -0.1) is 0 Å². The summed E-state index contributed by atoms with van der Waals surface area (Å²) in [4.78, 5) is 0.0717. The summed E-state index contributed by atoms with van der Waals surface area (Å²) in [5, 5.41) is 0. The molecule has 156 valence electrons. The van der Waals surface area contributed by atoms with Gasteiger partial charge >= 0.3 is 0 Å². The molecule has 9 heteroatoms. The maximum Gasteiger partial charge on any atom is 0.297 e. The van der Waals surface area contributed by atoms with Crippen LogP contribution in [0, 0.1) is 6.92 Å². The third-order valence-corrected chi connectivity index (χ3v) is 6.30. The van der Waals surface area contributed by atoms with Crippen LogP contribution in [-0.4, -0.2) is 57.3 Å². The lowest BCUT2D eigenvalue weighted by atomic mass is 10.1. The number of aryl methyl sites for hydroxylation is 1. The van der Waals surface area contributed by atoms with Crippen LogP contribution in [-0.2, 0) is 38.0 Å². The van der Waals surface area contributed by atoms with Crippen molar-refractivity contribution >= 4 is 10.1 Å². The van der Waals surface area contributed by atoms with E-state index in [0.717, 1.165) is 5.56 Å². The molecule has 5 atom stereocenters. The Morgan fingerprint density at radius 2 is 1.64 bits per heavy atom. The zero-order chi connectivity index (χ0) is 20.3. The van der Waals surface area contributed by atoms with E-state index >= 15 is 0 Å². The Morgan fingerprint density at radius 3 is 2.25 bits per heavy atom. The molecule has 0 N–H and O–H groups in total. The van der Waals surface area contributed by atoms with Crippen molar-refractivity contribution in [3.63, 3.8) is 0 Å². The first-order valence-electron chi connectivity index (χ1n) is 9.29. The van der Waals surface area contributed by atoms with Gasteiger partial charge in [-0.05, 0) is 46.8 Å². The molecule has 3 aliphatic rings. The molecule has 28 heavy (non-hydrogen) atoms. The van der Waals surface area contributed by atoms with Crippen LogP contribution in [0.5, 0.6) is 0 Å². The SMILES string of the molecule is Cc1ccc(S(=O)(=O)O[C@@H]2[C@H]([C@@H]3COC(C)(C)O3)O[C@@H]3OC(C)(C)O[C@@H]32)cc1. The van der Waals surface area contributed by atoms with Crippen LogP contribution < -0.4 is 0 Å². The highest BCUT2D eigenvalue weighted by Gasteiger charge is 2.60. The third kappa shape index (κ3) is 3.85. The molecule has 0 aliphatic carbocycles. The van der Waals surface area contributed by atoms with Crippen molar-refractivity contribution in [1.29, 1.82) is 0 Å². The lowest BCUT2D eigenvalue weighted by Gasteiger charge is -2.28. The molecule has 0 aromatic heterocycles. The second-order valence-electron chi connectivity index (χ2n) is 8.26. The molecule has 0 spiro atoms. The first-order valence-corrected chi connectivity index (χ1v) is 10.7. The predicted octanol–water partition coefficient (Wildman–Crippen LogP) is 2.10. The van der Waals surface area contributed by atoms with Crippen molar-refractivity contribution in [2.24, 2.45) is 0 Å². The lowest BCUT2D eigenvalue weighted by Crippen LogP contribution is -2.45. The van der Waals surface area contributed by atoms with Crippen LogP contribution >= 0.6 is 0 Å². The van der Waals surface area contributed by atoms with Crippen LogP contribution in [0.2, 0.25) is 0 Å². The largest absolute Gasteiger partial charge is 0.348 e. The minimum atomic E-state index is -4.04. The summed E-state index contributed by atoms with van der Waals surface area (Å²) >= 11 is 0. The van der Waals surface area contributed by atoms with Crippen molar-refractivity contribution in [3.05, 3.63) is 29.8 Å². The standard InChI is InChI=1S/C19H26O8S/c1-11-6-8-12(9-7-11)28(20,21)27-15-14(13-10-22-18(2,3)24-13)23-17-16(15)25-19(4,5)26-17/h6-9,13-17H,10H2,1-5H3/t13-,14-,15+,16+,17+/m0/s1. The molecule has 4 rings (SSSR count). The van der Waals surface area contributed by atoms with Gasteiger partial charge in [0.25, 0.3) is 10.1 Å². The van der Waals surface area contributed by atoms with E-state index in [9.17, 15) is 8.42 Å². The van der Waals surface area contributed by atoms with E-state index in [1.807, 2.05) is 6.92 Å². The molecule has 0 bridgehead atoms. The average Bonchev–Trinajstić information content (AvgIpc) is 3.18. The zero-order valence-electron chi connectivity index (χ0n) is 16.6. The molecular weight excluding hydrogens is 388 g/mol. The molecule has 0 unspecified atom stereocenters. The molecule has 1 aromatic carbocycles. The third-order valence-electron chi connectivity index (χ3n) is 4.97. The molecule has 0 amide bonds. The summed E-state index contributed by atoms with van der Waals surface area (Å²) in [6.45, 7) is 9.20. The van der Waals surface area contributed by atoms with Gasteiger partial charge in [0.1, 0.15) is 24.4 Å². The number of benzene rings is 1. The number of hydrogen-bond donors (Lipinski definition) is 0. The second-order valence-corrected chi connectivity index (χ2v) is 9.84. The Kier molecular flexibility index (Phi) is 4.86. The molecule has 3 aliphatic heterocycles. The van der Waals surface area contributed by atoms with E-state index in [4.69, 9.17) is 27.9 Å². The summed E-state index contributed by atoms with van der Waals surface area (Å²) in [6, 6.07) is 6.47. The Balaban J connectivity index is 1.61. The van der Waals surface area contributed by atoms with Crippen LogP contribution in [0.15, 0.2) is 29.2 Å². The van der Waals surface area contributed by atoms with Crippen LogP contribution in [0.4, 0.5) is 0 Å². The van der Waals surface area contributed by atoms with Gasteiger partial charge in [-0.3, -0.25) is 4.18 Å². The molecule has 3 saturated heterocycles. The Bertz CT molecular complexity index is 832. The number of hydrogen-bond acceptors (Lipinski definition) is 8. The van der Waals surface area contributed by atoms with Gasteiger partial charge in [-0.25, -0.2) is 0 Å². The molecule has 1 aromatic rings. The molecule has 0 radical (unpaired) electrons. The van der Waals surface area contributed by atoms with E-state index < -0.39 is 52.4 Å². The van der Waals surface area contributed by atoms with Crippen molar-refractivity contribution in [1.82, 2.24) is 0 Å². The van der Waals surface area contributed by atoms with E-state index in [1.165, 1.54) is 12.1 Å². The predicted molar refractivity (Wildman–Crippen MR) is 96.8 cm³/mol. The maximum absolute atomic E-state index is 12.9. The fourth-order valence-corrected chi connectivity index (χ4v) is 4.79. The van der Waals surface area contributed by atoms with E-state index in [1.54, 1.807) is 39.8 Å². The van der Waals surface area contributed by atoms with Crippen molar-refractivity contribution in [2.45, 2.75) is 81.8 Å². The second kappa shape index (κ2) is 6.73. The van der Waals surface area contributed by atoms with Crippen molar-refractivity contribution in [3.8, 4) is 0 Å². The summed E-state index contributed by atoms with van der Waals surface area (Å²) < 4.78 is 60.5. The Labute approximate surface area is 165 Å². The minimum absolute atomic E-state index is 0.0717. The smallest absolute Gasteiger partial charge is 0.297 e. The van der Waals surface area contributed by atoms with E-state index in [0.29, 0.717) is 0 Å². The molecule has 0 saturated carbocycles. The Morgan fingerprint density at radius 1 is 0.964 bits per heavy atom. The Hall–Kier alpha value is -1.07. The normalized spacial score (nSPS) is 36.5. The minimum Gasteiger partial charge on any atom is -0.348 e. The number of ether oxygens (including phenoxy) is 5. The van der Waals surface area contributed by atoms with Gasteiger partial charge in [0.15, 0.2) is 17.9 Å². The van der Waals surface area contributed by atoms with Crippen molar-refractivity contribution < 1.29 is 36.3 Å². The van der Waals surface area contributed by atoms with Gasteiger partial charge in [-0.1, -0.05) is 17.7 Å². The van der Waals surface area contributed by atoms with Crippen LogP contribution in [0.25, 0.3) is 0 Å². The van der Waals surface area contributed by atoms with Gasteiger partial charge < -0.3 is 23.7 Å². The van der Waals surface area contributed by atoms with E-state index in [2.05, 4.69) is 0 Å². The average molecular weight is 414 g/mol. The molecular formula is C19H26O8S. The maximum atomic E-state index is 12.9. The highest BCUT2D eigenvalue weighted by atomic mass is 32.2. The van der Waals surface area contributed by atoms with Gasteiger partial charge in [0.2, 0.25) is 0 Å². The quantitative estimate of drug-likeness (QED) is 0.692. The first kappa shape index (κ1) is 20.2. The topological polar surface area (TPSA) is 89.5 Å². The molecule has 8 nitrogen and oxygen atoms in total. The van der Waals surface area contributed by atoms with Gasteiger partial charge in [0, 0.05) is 0 Å². The van der Waals surface area contributed by atoms with Crippen LogP contribution in [0.1, 0.15) is 33.3 Å². The van der Waals surface area contributed by atoms with E-state index in [-0.39, 0.29) is 11.5 Å². The monoisotopic (exact) mass is 414 g/mol. The summed E-state index contributed by atoms with van der Waals surface area (Å²) in [5.74, 6) is -1.69. The lowest BCUT2D eigenvalue weighted by molar-refractivity contribution is -0.230. The zero-order valence-corrected chi connectivity index (χ0v) is 17.4. The molecule has 3 fully saturated rings. The first-order chi connectivity index (χ1) is 13.0. The van der Waals surface area contributed by atoms with Gasteiger partial charge in [-0.2, -0.15) is 8.42 Å². The van der Waals surface area contributed by atoms with Crippen LogP contribution in [0.3, 0.4) is 0 Å². The fraction of sp³-hybridized carbons (Fsp3) is 0.684. The highest BCUT2D eigenvalue weighted by molar-refractivity contribution is 7.86. The number of rotatable bonds is 4. The fourth-order valence-electron chi connectivity index (χ4n) is 3.70. The summed E-state index contributed by atoms with van der Waals surface area (Å²) in [6.07, 6.45) is -3.60. The van der Waals surface area contributed by atoms with Gasteiger partial charge in [0.05, 0.1) is 11.5 Å². The highest BCUT2D eigenvalue weighted by Crippen LogP contribution is 2.42. The van der Waals surface area contributed by atoms with Crippen molar-refractivity contribution in [2.75, 3.05) is 6.61 Å². The summed E-state index contributed by atoms with van der Waals surface area (Å²) in [5.41, 5.74) is 0.953. The molecule has 3 heterocycles. The number of fused-ring (bicyclic) bond motifs is 1. The summed E-state index contributed by atoms with van der Waals surface area (Å²) in [7, 11) is -4.04.